The van der Waals surface area contributed by atoms with Gasteiger partial charge in [-0.05, 0) is 37.5 Å². The van der Waals surface area contributed by atoms with Crippen molar-refractivity contribution in [2.24, 2.45) is 0 Å². The predicted molar refractivity (Wildman–Crippen MR) is 106 cm³/mol. The molecule has 2 aromatic carbocycles. The highest BCUT2D eigenvalue weighted by molar-refractivity contribution is 6.09. The van der Waals surface area contributed by atoms with Crippen molar-refractivity contribution >= 4 is 11.6 Å². The molecule has 0 radical (unpaired) electrons. The van der Waals surface area contributed by atoms with E-state index in [0.717, 1.165) is 28.6 Å². The molecule has 5 heteroatoms. The molecule has 27 heavy (non-hydrogen) atoms. The molecule has 138 valence electrons. The Balaban J connectivity index is 2.11. The van der Waals surface area contributed by atoms with Crippen molar-refractivity contribution < 1.29 is 9.72 Å². The summed E-state index contributed by atoms with van der Waals surface area (Å²) in [4.78, 5) is 25.8. The topological polar surface area (TPSA) is 63.5 Å². The minimum atomic E-state index is -1.06. The van der Waals surface area contributed by atoms with Crippen LogP contribution in [0.3, 0.4) is 0 Å². The first-order chi connectivity index (χ1) is 12.9. The fourth-order valence-electron chi connectivity index (χ4n) is 3.45. The molecule has 1 atom stereocenters. The van der Waals surface area contributed by atoms with Crippen LogP contribution >= 0.6 is 0 Å². The minimum Gasteiger partial charge on any atom is -0.307 e. The van der Waals surface area contributed by atoms with E-state index in [-0.39, 0.29) is 5.91 Å². The van der Waals surface area contributed by atoms with E-state index in [2.05, 4.69) is 0 Å². The summed E-state index contributed by atoms with van der Waals surface area (Å²) < 4.78 is 0. The number of hydrogen-bond acceptors (Lipinski definition) is 3. The van der Waals surface area contributed by atoms with Crippen LogP contribution in [0.15, 0.2) is 78.5 Å². The molecule has 0 saturated heterocycles. The van der Waals surface area contributed by atoms with Crippen molar-refractivity contribution in [1.29, 1.82) is 0 Å². The van der Waals surface area contributed by atoms with Gasteiger partial charge in [-0.1, -0.05) is 60.2 Å². The summed E-state index contributed by atoms with van der Waals surface area (Å²) in [6.07, 6.45) is 4.68. The number of carbonyl (C=O) groups is 1. The average molecular weight is 362 g/mol. The normalized spacial score (nSPS) is 18.6. The summed E-state index contributed by atoms with van der Waals surface area (Å²) in [5.41, 5.74) is 2.63. The molecule has 0 N–H and O–H groups in total. The summed E-state index contributed by atoms with van der Waals surface area (Å²) in [6.45, 7) is 4.34. The molecule has 3 rings (SSSR count). The molecule has 0 saturated carbocycles. The van der Waals surface area contributed by atoms with E-state index < -0.39 is 10.3 Å². The molecule has 0 fully saturated rings. The number of hydrogen-bond donors (Lipinski definition) is 0. The summed E-state index contributed by atoms with van der Waals surface area (Å²) >= 11 is 0. The highest BCUT2D eigenvalue weighted by Gasteiger charge is 2.49. The maximum atomic E-state index is 13.5. The second-order valence-electron chi connectivity index (χ2n) is 6.95. The third kappa shape index (κ3) is 3.67. The zero-order valence-electron chi connectivity index (χ0n) is 15.5. The predicted octanol–water partition coefficient (Wildman–Crippen LogP) is 4.62. The Kier molecular flexibility index (Phi) is 5.21. The van der Waals surface area contributed by atoms with Crippen LogP contribution < -0.4 is 4.90 Å². The molecule has 0 unspecified atom stereocenters. The van der Waals surface area contributed by atoms with Gasteiger partial charge in [-0.2, -0.15) is 0 Å². The van der Waals surface area contributed by atoms with E-state index in [1.165, 1.54) is 6.08 Å². The number of nitrogens with zero attached hydrogens (tertiary/aromatic N) is 2. The van der Waals surface area contributed by atoms with E-state index in [4.69, 9.17) is 0 Å². The second kappa shape index (κ2) is 7.58. The third-order valence-corrected chi connectivity index (χ3v) is 4.80. The first kappa shape index (κ1) is 18.6. The van der Waals surface area contributed by atoms with Crippen LogP contribution in [0.25, 0.3) is 0 Å². The number of benzene rings is 2. The maximum Gasteiger partial charge on any atom is 0.242 e. The van der Waals surface area contributed by atoms with E-state index in [9.17, 15) is 14.9 Å². The number of carbonyl (C=O) groups excluding carboxylic acids is 1. The summed E-state index contributed by atoms with van der Waals surface area (Å²) in [7, 11) is 0. The average Bonchev–Trinajstić information content (AvgIpc) is 2.88. The Morgan fingerprint density at radius 1 is 1.11 bits per heavy atom. The van der Waals surface area contributed by atoms with Crippen molar-refractivity contribution in [3.63, 3.8) is 0 Å². The lowest BCUT2D eigenvalue weighted by atomic mass is 9.78. The van der Waals surface area contributed by atoms with Crippen molar-refractivity contribution in [1.82, 2.24) is 0 Å². The van der Waals surface area contributed by atoms with Crippen LogP contribution in [0.1, 0.15) is 31.4 Å². The van der Waals surface area contributed by atoms with Gasteiger partial charge in [0.25, 0.3) is 0 Å². The largest absolute Gasteiger partial charge is 0.307 e. The van der Waals surface area contributed by atoms with Gasteiger partial charge < -0.3 is 4.90 Å². The molecule has 5 nitrogen and oxygen atoms in total. The zero-order chi connectivity index (χ0) is 19.4. The second-order valence-corrected chi connectivity index (χ2v) is 6.95. The lowest BCUT2D eigenvalue weighted by Crippen LogP contribution is -2.38. The molecule has 2 aromatic rings. The van der Waals surface area contributed by atoms with E-state index in [0.29, 0.717) is 13.0 Å². The summed E-state index contributed by atoms with van der Waals surface area (Å²) in [5.74, 6) is -0.136. The van der Waals surface area contributed by atoms with E-state index in [1.807, 2.05) is 74.5 Å². The van der Waals surface area contributed by atoms with Gasteiger partial charge >= 0.3 is 0 Å². The van der Waals surface area contributed by atoms with Crippen LogP contribution in [0.4, 0.5) is 5.69 Å². The fourth-order valence-corrected chi connectivity index (χ4v) is 3.45. The molecule has 0 bridgehead atoms. The number of nitro groups is 1. The molecule has 1 heterocycles. The van der Waals surface area contributed by atoms with Gasteiger partial charge in [0.05, 0.1) is 11.5 Å². The van der Waals surface area contributed by atoms with Crippen LogP contribution in [0.5, 0.6) is 0 Å². The standard InChI is InChI=1S/C22H22N2O3/c1-17(2)12-13-22(14-15-24(26)27)19-10-6-7-11-20(19)23(21(22)25)16-18-8-4-3-5-9-18/h3-12,14-15H,13,16H2,1-2H3/b15-14+/t22-/m0/s1. The Bertz CT molecular complexity index is 914. The van der Waals surface area contributed by atoms with Gasteiger partial charge in [0.2, 0.25) is 12.1 Å². The van der Waals surface area contributed by atoms with Gasteiger partial charge in [-0.3, -0.25) is 14.9 Å². The molecule has 0 aromatic heterocycles. The Hall–Kier alpha value is -3.21. The van der Waals surface area contributed by atoms with Gasteiger partial charge in [0.1, 0.15) is 5.41 Å². The molecule has 1 amide bonds. The van der Waals surface area contributed by atoms with E-state index >= 15 is 0 Å². The lowest BCUT2D eigenvalue weighted by Gasteiger charge is -2.24. The summed E-state index contributed by atoms with van der Waals surface area (Å²) in [6, 6.07) is 17.3. The molecule has 1 aliphatic heterocycles. The zero-order valence-corrected chi connectivity index (χ0v) is 15.5. The third-order valence-electron chi connectivity index (χ3n) is 4.80. The highest BCUT2D eigenvalue weighted by Crippen LogP contribution is 2.46. The molecular weight excluding hydrogens is 340 g/mol. The number of rotatable bonds is 6. The number of fused-ring (bicyclic) bond motifs is 1. The number of amides is 1. The number of anilines is 1. The Labute approximate surface area is 158 Å². The van der Waals surface area contributed by atoms with E-state index in [1.54, 1.807) is 4.90 Å². The van der Waals surface area contributed by atoms with Gasteiger partial charge in [-0.15, -0.1) is 0 Å². The van der Waals surface area contributed by atoms with Gasteiger partial charge in [-0.25, -0.2) is 0 Å². The van der Waals surface area contributed by atoms with Crippen molar-refractivity contribution in [3.05, 3.63) is 99.8 Å². The van der Waals surface area contributed by atoms with Gasteiger partial charge in [0.15, 0.2) is 0 Å². The molecule has 0 aliphatic carbocycles. The number of allylic oxidation sites excluding steroid dienone is 2. The van der Waals surface area contributed by atoms with Crippen molar-refractivity contribution in [2.45, 2.75) is 32.2 Å². The molecule has 1 aliphatic rings. The maximum absolute atomic E-state index is 13.5. The number of para-hydroxylation sites is 1. The smallest absolute Gasteiger partial charge is 0.242 e. The molecular formula is C22H22N2O3. The summed E-state index contributed by atoms with van der Waals surface area (Å²) in [5, 5.41) is 11.0. The van der Waals surface area contributed by atoms with Crippen LogP contribution in [0.2, 0.25) is 0 Å². The lowest BCUT2D eigenvalue weighted by molar-refractivity contribution is -0.402. The minimum absolute atomic E-state index is 0.136. The monoisotopic (exact) mass is 362 g/mol. The van der Waals surface area contributed by atoms with Crippen molar-refractivity contribution in [3.8, 4) is 0 Å². The molecule has 0 spiro atoms. The van der Waals surface area contributed by atoms with Crippen LogP contribution in [-0.2, 0) is 16.8 Å². The van der Waals surface area contributed by atoms with Crippen LogP contribution in [0, 0.1) is 10.1 Å². The van der Waals surface area contributed by atoms with Gasteiger partial charge in [0, 0.05) is 11.8 Å². The Morgan fingerprint density at radius 2 is 1.78 bits per heavy atom. The Morgan fingerprint density at radius 3 is 2.44 bits per heavy atom. The fraction of sp³-hybridized carbons (Fsp3) is 0.227. The van der Waals surface area contributed by atoms with Crippen molar-refractivity contribution in [2.75, 3.05) is 4.90 Å². The highest BCUT2D eigenvalue weighted by atomic mass is 16.6. The quantitative estimate of drug-likeness (QED) is 0.428. The SMILES string of the molecule is CC(C)=CC[C@@]1(/C=C/[N+](=O)[O-])C(=O)N(Cc2ccccc2)c2ccccc21. The first-order valence-corrected chi connectivity index (χ1v) is 8.85. The van der Waals surface area contributed by atoms with Crippen LogP contribution in [-0.4, -0.2) is 10.8 Å². The first-order valence-electron chi connectivity index (χ1n) is 8.85.